The van der Waals surface area contributed by atoms with Crippen molar-refractivity contribution in [3.63, 3.8) is 0 Å². The van der Waals surface area contributed by atoms with Gasteiger partial charge in [0.05, 0.1) is 12.7 Å². The zero-order chi connectivity index (χ0) is 21.2. The summed E-state index contributed by atoms with van der Waals surface area (Å²) in [6.07, 6.45) is 2.25. The van der Waals surface area contributed by atoms with Crippen LogP contribution in [0.3, 0.4) is 0 Å². The van der Waals surface area contributed by atoms with Gasteiger partial charge in [-0.2, -0.15) is 9.97 Å². The maximum atomic E-state index is 12.1. The summed E-state index contributed by atoms with van der Waals surface area (Å²) >= 11 is 0. The molecule has 1 aliphatic heterocycles. The predicted molar refractivity (Wildman–Crippen MR) is 108 cm³/mol. The average molecular weight is 401 g/mol. The fraction of sp³-hybridized carbons (Fsp3) is 0.500. The number of nitrogens with zero attached hydrogens (tertiary/aromatic N) is 2. The molecule has 0 spiro atoms. The lowest BCUT2D eigenvalue weighted by Crippen LogP contribution is -2.29. The SMILES string of the molecule is COC(=O)c1ccc(CCC2CNc3nc(NC(=O)C(C)(C)C)nc(O)c3C2)[nH]1. The highest BCUT2D eigenvalue weighted by molar-refractivity contribution is 5.93. The zero-order valence-corrected chi connectivity index (χ0v) is 17.1. The number of esters is 1. The van der Waals surface area contributed by atoms with Gasteiger partial charge < -0.3 is 20.1 Å². The maximum absolute atomic E-state index is 12.1. The summed E-state index contributed by atoms with van der Waals surface area (Å²) in [6, 6.07) is 3.59. The van der Waals surface area contributed by atoms with Gasteiger partial charge in [-0.1, -0.05) is 20.8 Å². The quantitative estimate of drug-likeness (QED) is 0.567. The van der Waals surface area contributed by atoms with E-state index in [0.29, 0.717) is 30.0 Å². The first-order chi connectivity index (χ1) is 13.7. The van der Waals surface area contributed by atoms with E-state index < -0.39 is 5.41 Å². The molecule has 0 bridgehead atoms. The van der Waals surface area contributed by atoms with E-state index in [2.05, 4.69) is 25.6 Å². The third kappa shape index (κ3) is 4.85. The first-order valence-corrected chi connectivity index (χ1v) is 9.58. The molecule has 0 saturated carbocycles. The molecule has 0 fully saturated rings. The van der Waals surface area contributed by atoms with Gasteiger partial charge in [0, 0.05) is 17.7 Å². The van der Waals surface area contributed by atoms with Crippen molar-refractivity contribution < 1.29 is 19.4 Å². The van der Waals surface area contributed by atoms with Gasteiger partial charge in [0.25, 0.3) is 0 Å². The molecule has 3 heterocycles. The van der Waals surface area contributed by atoms with Crippen LogP contribution in [0.15, 0.2) is 12.1 Å². The summed E-state index contributed by atoms with van der Waals surface area (Å²) in [5.74, 6) is 0.185. The number of amides is 1. The molecule has 1 unspecified atom stereocenters. The molecule has 9 nitrogen and oxygen atoms in total. The number of nitrogens with one attached hydrogen (secondary N) is 3. The van der Waals surface area contributed by atoms with Crippen molar-refractivity contribution in [1.29, 1.82) is 0 Å². The molecule has 0 aromatic carbocycles. The van der Waals surface area contributed by atoms with E-state index >= 15 is 0 Å². The fourth-order valence-corrected chi connectivity index (χ4v) is 3.13. The first kappa shape index (κ1) is 20.6. The van der Waals surface area contributed by atoms with Crippen LogP contribution >= 0.6 is 0 Å². The van der Waals surface area contributed by atoms with Crippen LogP contribution in [0.25, 0.3) is 0 Å². The molecule has 1 aliphatic rings. The van der Waals surface area contributed by atoms with Gasteiger partial charge in [0.15, 0.2) is 0 Å². The van der Waals surface area contributed by atoms with Crippen LogP contribution in [0.1, 0.15) is 48.9 Å². The van der Waals surface area contributed by atoms with Gasteiger partial charge in [-0.3, -0.25) is 10.1 Å². The molecule has 4 N–H and O–H groups in total. The highest BCUT2D eigenvalue weighted by Gasteiger charge is 2.26. The summed E-state index contributed by atoms with van der Waals surface area (Å²) in [5.41, 5.74) is 1.46. The Bertz CT molecular complexity index is 916. The number of H-pyrrole nitrogens is 1. The van der Waals surface area contributed by atoms with E-state index in [1.165, 1.54) is 7.11 Å². The van der Waals surface area contributed by atoms with E-state index in [1.807, 2.05) is 6.07 Å². The second-order valence-electron chi connectivity index (χ2n) is 8.28. The number of aromatic nitrogens is 3. The summed E-state index contributed by atoms with van der Waals surface area (Å²) in [6.45, 7) is 6.08. The van der Waals surface area contributed by atoms with Crippen LogP contribution in [0.4, 0.5) is 11.8 Å². The Morgan fingerprint density at radius 3 is 2.76 bits per heavy atom. The van der Waals surface area contributed by atoms with Crippen molar-refractivity contribution in [1.82, 2.24) is 15.0 Å². The van der Waals surface area contributed by atoms with Crippen molar-refractivity contribution >= 4 is 23.6 Å². The number of aryl methyl sites for hydroxylation is 1. The van der Waals surface area contributed by atoms with Gasteiger partial charge in [-0.15, -0.1) is 0 Å². The molecule has 1 atom stereocenters. The molecule has 2 aromatic rings. The van der Waals surface area contributed by atoms with Crippen molar-refractivity contribution in [3.05, 3.63) is 29.1 Å². The molecule has 156 valence electrons. The van der Waals surface area contributed by atoms with Crippen LogP contribution in [0.5, 0.6) is 5.88 Å². The number of aromatic amines is 1. The van der Waals surface area contributed by atoms with Crippen molar-refractivity contribution in [2.75, 3.05) is 24.3 Å². The number of fused-ring (bicyclic) bond motifs is 1. The van der Waals surface area contributed by atoms with Crippen LogP contribution in [-0.2, 0) is 22.4 Å². The van der Waals surface area contributed by atoms with Crippen molar-refractivity contribution in [3.8, 4) is 5.88 Å². The molecule has 3 rings (SSSR count). The molecule has 29 heavy (non-hydrogen) atoms. The van der Waals surface area contributed by atoms with E-state index in [1.54, 1.807) is 26.8 Å². The molecule has 0 saturated heterocycles. The third-order valence-electron chi connectivity index (χ3n) is 4.92. The number of rotatable bonds is 5. The number of anilines is 2. The summed E-state index contributed by atoms with van der Waals surface area (Å²) in [5, 5.41) is 16.2. The Hall–Kier alpha value is -3.10. The third-order valence-corrected chi connectivity index (χ3v) is 4.92. The lowest BCUT2D eigenvalue weighted by atomic mass is 9.92. The van der Waals surface area contributed by atoms with Gasteiger partial charge >= 0.3 is 5.97 Å². The summed E-state index contributed by atoms with van der Waals surface area (Å²) in [7, 11) is 1.35. The minimum absolute atomic E-state index is 0.0915. The maximum Gasteiger partial charge on any atom is 0.354 e. The molecular weight excluding hydrogens is 374 g/mol. The molecule has 0 radical (unpaired) electrons. The van der Waals surface area contributed by atoms with E-state index in [-0.39, 0.29) is 29.6 Å². The van der Waals surface area contributed by atoms with Crippen molar-refractivity contribution in [2.45, 2.75) is 40.0 Å². The minimum atomic E-state index is -0.584. The predicted octanol–water partition coefficient (Wildman–Crippen LogP) is 2.50. The summed E-state index contributed by atoms with van der Waals surface area (Å²) in [4.78, 5) is 35.1. The Balaban J connectivity index is 1.63. The zero-order valence-electron chi connectivity index (χ0n) is 17.1. The van der Waals surface area contributed by atoms with E-state index in [4.69, 9.17) is 4.74 Å². The largest absolute Gasteiger partial charge is 0.493 e. The molecule has 9 heteroatoms. The lowest BCUT2D eigenvalue weighted by Gasteiger charge is -2.26. The number of hydrogen-bond acceptors (Lipinski definition) is 7. The highest BCUT2D eigenvalue weighted by Crippen LogP contribution is 2.32. The molecule has 1 amide bonds. The molecule has 0 aliphatic carbocycles. The highest BCUT2D eigenvalue weighted by atomic mass is 16.5. The monoisotopic (exact) mass is 401 g/mol. The normalized spacial score (nSPS) is 15.9. The van der Waals surface area contributed by atoms with Crippen LogP contribution in [0, 0.1) is 11.3 Å². The van der Waals surface area contributed by atoms with Gasteiger partial charge in [-0.25, -0.2) is 4.79 Å². The average Bonchev–Trinajstić information content (AvgIpc) is 3.14. The Kier molecular flexibility index (Phi) is 5.76. The second kappa shape index (κ2) is 8.10. The molecule has 2 aromatic heterocycles. The number of hydrogen-bond donors (Lipinski definition) is 4. The standard InChI is InChI=1S/C20H27N5O4/c1-20(2,3)18(28)25-19-23-15-13(16(26)24-19)9-11(10-21-15)5-6-12-7-8-14(22-12)17(27)29-4/h7-8,11,22H,5-6,9-10H2,1-4H3,(H3,21,23,24,25,26,28). The minimum Gasteiger partial charge on any atom is -0.493 e. The number of methoxy groups -OCH3 is 1. The number of ether oxygens (including phenoxy) is 1. The lowest BCUT2D eigenvalue weighted by molar-refractivity contribution is -0.123. The molecular formula is C20H27N5O4. The van der Waals surface area contributed by atoms with Crippen LogP contribution in [0.2, 0.25) is 0 Å². The van der Waals surface area contributed by atoms with Crippen LogP contribution in [-0.4, -0.2) is 45.6 Å². The van der Waals surface area contributed by atoms with E-state index in [9.17, 15) is 14.7 Å². The number of carbonyl (C=O) groups excluding carboxylic acids is 2. The van der Waals surface area contributed by atoms with Gasteiger partial charge in [0.1, 0.15) is 11.5 Å². The fourth-order valence-electron chi connectivity index (χ4n) is 3.13. The van der Waals surface area contributed by atoms with Crippen molar-refractivity contribution in [2.24, 2.45) is 11.3 Å². The Morgan fingerprint density at radius 1 is 1.31 bits per heavy atom. The number of aromatic hydroxyl groups is 1. The number of carbonyl (C=O) groups is 2. The second-order valence-corrected chi connectivity index (χ2v) is 8.28. The van der Waals surface area contributed by atoms with Gasteiger partial charge in [0.2, 0.25) is 17.7 Å². The Labute approximate surface area is 169 Å². The first-order valence-electron chi connectivity index (χ1n) is 9.58. The topological polar surface area (TPSA) is 129 Å². The summed E-state index contributed by atoms with van der Waals surface area (Å²) < 4.78 is 4.70. The Morgan fingerprint density at radius 2 is 2.07 bits per heavy atom. The smallest absolute Gasteiger partial charge is 0.354 e. The van der Waals surface area contributed by atoms with Crippen LogP contribution < -0.4 is 10.6 Å². The van der Waals surface area contributed by atoms with Gasteiger partial charge in [-0.05, 0) is 37.3 Å². The van der Waals surface area contributed by atoms with E-state index in [0.717, 1.165) is 18.5 Å².